The van der Waals surface area contributed by atoms with Crippen LogP contribution in [0.2, 0.25) is 0 Å². The van der Waals surface area contributed by atoms with Crippen LogP contribution in [0.25, 0.3) is 0 Å². The van der Waals surface area contributed by atoms with Gasteiger partial charge in [-0.15, -0.1) is 0 Å². The van der Waals surface area contributed by atoms with Crippen molar-refractivity contribution in [1.29, 1.82) is 5.26 Å². The summed E-state index contributed by atoms with van der Waals surface area (Å²) in [6.45, 7) is 0.204. The van der Waals surface area contributed by atoms with Crippen molar-refractivity contribution in [3.63, 3.8) is 0 Å². The van der Waals surface area contributed by atoms with Crippen LogP contribution in [-0.4, -0.2) is 35.3 Å². The summed E-state index contributed by atoms with van der Waals surface area (Å²) in [5.74, 6) is -0.604. The van der Waals surface area contributed by atoms with Crippen LogP contribution in [0.1, 0.15) is 12.8 Å². The van der Waals surface area contributed by atoms with Gasteiger partial charge in [-0.3, -0.25) is 10.1 Å². The molecule has 0 aromatic heterocycles. The van der Waals surface area contributed by atoms with E-state index in [0.29, 0.717) is 12.8 Å². The predicted molar refractivity (Wildman–Crippen MR) is 67.3 cm³/mol. The lowest BCUT2D eigenvalue weighted by Gasteiger charge is -2.19. The molecule has 1 aliphatic heterocycles. The maximum Gasteiger partial charge on any atom is 0.312 e. The normalized spacial score (nSPS) is 19.6. The number of hydrogen-bond acceptors (Lipinski definition) is 6. The Bertz CT molecular complexity index is 695. The number of nitro groups is 1. The summed E-state index contributed by atoms with van der Waals surface area (Å²) in [6.07, 6.45) is 1.01. The van der Waals surface area contributed by atoms with Crippen molar-refractivity contribution < 1.29 is 18.4 Å². The molecule has 106 valence electrons. The van der Waals surface area contributed by atoms with E-state index in [9.17, 15) is 23.6 Å². The minimum atomic E-state index is -3.98. The highest BCUT2D eigenvalue weighted by atomic mass is 32.2. The van der Waals surface area contributed by atoms with Gasteiger partial charge < -0.3 is 5.11 Å². The lowest BCUT2D eigenvalue weighted by Crippen LogP contribution is -2.34. The van der Waals surface area contributed by atoms with Crippen LogP contribution in [0.4, 0.5) is 5.69 Å². The molecule has 1 N–H and O–H groups in total. The first-order chi connectivity index (χ1) is 9.37. The first kappa shape index (κ1) is 14.2. The van der Waals surface area contributed by atoms with Gasteiger partial charge in [0, 0.05) is 12.6 Å². The Morgan fingerprint density at radius 1 is 1.50 bits per heavy atom. The topological polar surface area (TPSA) is 125 Å². The van der Waals surface area contributed by atoms with Gasteiger partial charge in [0.2, 0.25) is 10.0 Å². The Labute approximate surface area is 115 Å². The van der Waals surface area contributed by atoms with Crippen molar-refractivity contribution in [2.45, 2.75) is 23.8 Å². The number of sulfonamides is 1. The molecule has 1 saturated heterocycles. The smallest absolute Gasteiger partial charge is 0.312 e. The second kappa shape index (κ2) is 5.07. The van der Waals surface area contributed by atoms with Crippen molar-refractivity contribution in [2.24, 2.45) is 0 Å². The lowest BCUT2D eigenvalue weighted by molar-refractivity contribution is -0.386. The molecule has 1 aromatic carbocycles. The number of aromatic hydroxyl groups is 1. The van der Waals surface area contributed by atoms with Crippen molar-refractivity contribution >= 4 is 15.7 Å². The van der Waals surface area contributed by atoms with Crippen LogP contribution in [-0.2, 0) is 10.0 Å². The summed E-state index contributed by atoms with van der Waals surface area (Å²) >= 11 is 0. The number of nitro benzene ring substituents is 1. The Balaban J connectivity index is 2.48. The van der Waals surface area contributed by atoms with Crippen molar-refractivity contribution in [3.05, 3.63) is 28.3 Å². The van der Waals surface area contributed by atoms with Gasteiger partial charge in [0.05, 0.1) is 15.9 Å². The summed E-state index contributed by atoms with van der Waals surface area (Å²) in [4.78, 5) is 9.56. The fourth-order valence-corrected chi connectivity index (χ4v) is 3.73. The molecule has 0 amide bonds. The molecule has 1 aromatic rings. The van der Waals surface area contributed by atoms with Crippen molar-refractivity contribution in [1.82, 2.24) is 4.31 Å². The third kappa shape index (κ3) is 2.31. The fraction of sp³-hybridized carbons (Fsp3) is 0.364. The van der Waals surface area contributed by atoms with Gasteiger partial charge in [0.1, 0.15) is 6.04 Å². The zero-order chi connectivity index (χ0) is 14.9. The highest BCUT2D eigenvalue weighted by Crippen LogP contribution is 2.31. The summed E-state index contributed by atoms with van der Waals surface area (Å²) < 4.78 is 25.8. The second-order valence-corrected chi connectivity index (χ2v) is 6.20. The SMILES string of the molecule is N#CC1CCCN1S(=O)(=O)c1ccc(O)c([N+](=O)[O-])c1. The molecule has 0 saturated carbocycles. The molecule has 20 heavy (non-hydrogen) atoms. The largest absolute Gasteiger partial charge is 0.502 e. The zero-order valence-electron chi connectivity index (χ0n) is 10.3. The molecule has 8 nitrogen and oxygen atoms in total. The Morgan fingerprint density at radius 3 is 2.80 bits per heavy atom. The van der Waals surface area contributed by atoms with Crippen LogP contribution in [0.5, 0.6) is 5.75 Å². The third-order valence-corrected chi connectivity index (χ3v) is 5.01. The highest BCUT2D eigenvalue weighted by Gasteiger charge is 2.36. The van der Waals surface area contributed by atoms with Gasteiger partial charge in [-0.2, -0.15) is 9.57 Å². The summed E-state index contributed by atoms with van der Waals surface area (Å²) in [5.41, 5.74) is -0.682. The van der Waals surface area contributed by atoms with Crippen LogP contribution in [0, 0.1) is 21.4 Å². The van der Waals surface area contributed by atoms with Crippen molar-refractivity contribution in [2.75, 3.05) is 6.54 Å². The molecule has 0 radical (unpaired) electrons. The fourth-order valence-electron chi connectivity index (χ4n) is 2.10. The monoisotopic (exact) mass is 297 g/mol. The molecule has 1 atom stereocenters. The quantitative estimate of drug-likeness (QED) is 0.654. The van der Waals surface area contributed by atoms with E-state index in [2.05, 4.69) is 0 Å². The molecular weight excluding hydrogens is 286 g/mol. The van der Waals surface area contributed by atoms with E-state index >= 15 is 0 Å². The second-order valence-electron chi connectivity index (χ2n) is 4.31. The van der Waals surface area contributed by atoms with Gasteiger partial charge in [0.25, 0.3) is 0 Å². The molecule has 0 bridgehead atoms. The van der Waals surface area contributed by atoms with E-state index in [0.717, 1.165) is 22.5 Å². The number of hydrogen-bond donors (Lipinski definition) is 1. The average Bonchev–Trinajstić information content (AvgIpc) is 2.87. The summed E-state index contributed by atoms with van der Waals surface area (Å²) in [5, 5.41) is 29.0. The Hall–Kier alpha value is -2.18. The molecule has 1 fully saturated rings. The van der Waals surface area contributed by atoms with E-state index in [1.54, 1.807) is 0 Å². The summed E-state index contributed by atoms with van der Waals surface area (Å²) in [6, 6.07) is 4.00. The first-order valence-corrected chi connectivity index (χ1v) is 7.21. The molecule has 1 unspecified atom stereocenters. The number of phenols is 1. The summed E-state index contributed by atoms with van der Waals surface area (Å²) in [7, 11) is -3.98. The molecule has 0 spiro atoms. The number of rotatable bonds is 3. The Morgan fingerprint density at radius 2 is 2.20 bits per heavy atom. The molecule has 1 heterocycles. The average molecular weight is 297 g/mol. The van der Waals surface area contributed by atoms with Crippen LogP contribution >= 0.6 is 0 Å². The van der Waals surface area contributed by atoms with Crippen LogP contribution < -0.4 is 0 Å². The molecule has 9 heteroatoms. The predicted octanol–water partition coefficient (Wildman–Crippen LogP) is 0.977. The van der Waals surface area contributed by atoms with E-state index in [4.69, 9.17) is 5.26 Å². The molecule has 1 aliphatic rings. The van der Waals surface area contributed by atoms with Crippen LogP contribution in [0.3, 0.4) is 0 Å². The van der Waals surface area contributed by atoms with Gasteiger partial charge in [0.15, 0.2) is 5.75 Å². The van der Waals surface area contributed by atoms with E-state index < -0.39 is 32.4 Å². The maximum absolute atomic E-state index is 12.4. The maximum atomic E-state index is 12.4. The van der Waals surface area contributed by atoms with Gasteiger partial charge in [-0.05, 0) is 25.0 Å². The number of phenolic OH excluding ortho intramolecular Hbond substituents is 1. The van der Waals surface area contributed by atoms with E-state index in [1.807, 2.05) is 6.07 Å². The number of nitrogens with zero attached hydrogens (tertiary/aromatic N) is 3. The molecular formula is C11H11N3O5S. The van der Waals surface area contributed by atoms with Crippen molar-refractivity contribution in [3.8, 4) is 11.8 Å². The minimum Gasteiger partial charge on any atom is -0.502 e. The van der Waals surface area contributed by atoms with E-state index in [1.165, 1.54) is 0 Å². The van der Waals surface area contributed by atoms with Crippen LogP contribution in [0.15, 0.2) is 23.1 Å². The third-order valence-electron chi connectivity index (χ3n) is 3.10. The van der Waals surface area contributed by atoms with Gasteiger partial charge in [-0.25, -0.2) is 8.42 Å². The minimum absolute atomic E-state index is 0.204. The lowest BCUT2D eigenvalue weighted by atomic mass is 10.2. The number of benzene rings is 1. The highest BCUT2D eigenvalue weighted by molar-refractivity contribution is 7.89. The van der Waals surface area contributed by atoms with Gasteiger partial charge in [-0.1, -0.05) is 0 Å². The van der Waals surface area contributed by atoms with E-state index in [-0.39, 0.29) is 11.4 Å². The molecule has 2 rings (SSSR count). The standard InChI is InChI=1S/C11H11N3O5S/c12-7-8-2-1-5-13(8)20(18,19)9-3-4-11(15)10(6-9)14(16)17/h3-4,6,8,15H,1-2,5H2. The molecule has 0 aliphatic carbocycles. The zero-order valence-corrected chi connectivity index (χ0v) is 11.1. The Kier molecular flexibility index (Phi) is 3.61. The number of nitriles is 1. The first-order valence-electron chi connectivity index (χ1n) is 5.77. The van der Waals surface area contributed by atoms with Gasteiger partial charge >= 0.3 is 5.69 Å².